The van der Waals surface area contributed by atoms with Crippen molar-refractivity contribution in [2.45, 2.75) is 50.1 Å². The molecule has 2 saturated heterocycles. The van der Waals surface area contributed by atoms with Crippen LogP contribution in [0.5, 0.6) is 0 Å². The first kappa shape index (κ1) is 27.8. The molecule has 0 spiro atoms. The molecule has 2 heterocycles. The summed E-state index contributed by atoms with van der Waals surface area (Å²) >= 11 is 13.9. The van der Waals surface area contributed by atoms with Crippen LogP contribution in [0.25, 0.3) is 0 Å². The van der Waals surface area contributed by atoms with Crippen LogP contribution in [0.3, 0.4) is 0 Å². The number of fused-ring (bicyclic) bond motifs is 1. The van der Waals surface area contributed by atoms with E-state index in [2.05, 4.69) is 10.3 Å². The number of hydrogen-bond acceptors (Lipinski definition) is 6. The topological polar surface area (TPSA) is 105 Å². The minimum atomic E-state index is -3.26. The number of anilines is 1. The van der Waals surface area contributed by atoms with Gasteiger partial charge in [-0.3, -0.25) is 4.79 Å². The third-order valence-corrected chi connectivity index (χ3v) is 9.48. The third-order valence-electron chi connectivity index (χ3n) is 5.71. The Morgan fingerprint density at radius 3 is 2.54 bits per heavy atom. The van der Waals surface area contributed by atoms with Crippen LogP contribution in [0, 0.1) is 0 Å². The number of aliphatic imine (C=N–C) groups is 1. The average Bonchev–Trinajstić information content (AvgIpc) is 3.25. The smallest absolute Gasteiger partial charge is 0.408 e. The van der Waals surface area contributed by atoms with E-state index in [-0.39, 0.29) is 23.2 Å². The lowest BCUT2D eigenvalue weighted by Gasteiger charge is -2.26. The molecule has 198 valence electrons. The molecule has 2 aliphatic rings. The highest BCUT2D eigenvalue weighted by molar-refractivity contribution is 8.16. The van der Waals surface area contributed by atoms with Gasteiger partial charge >= 0.3 is 6.09 Å². The molecule has 0 radical (unpaired) electrons. The second-order valence-electron chi connectivity index (χ2n) is 9.89. The van der Waals surface area contributed by atoms with E-state index in [1.165, 1.54) is 11.8 Å². The first-order valence-corrected chi connectivity index (χ1v) is 15.0. The fourth-order valence-electron chi connectivity index (χ4n) is 4.19. The lowest BCUT2D eigenvalue weighted by molar-refractivity contribution is -0.119. The highest BCUT2D eigenvalue weighted by Gasteiger charge is 2.50. The van der Waals surface area contributed by atoms with Gasteiger partial charge in [0, 0.05) is 16.7 Å². The van der Waals surface area contributed by atoms with Crippen LogP contribution in [0.15, 0.2) is 53.5 Å². The maximum Gasteiger partial charge on any atom is 0.408 e. The molecule has 4 rings (SSSR count). The molecule has 0 aromatic heterocycles. The molecule has 0 bridgehead atoms. The highest BCUT2D eigenvalue weighted by Crippen LogP contribution is 2.43. The van der Waals surface area contributed by atoms with Gasteiger partial charge in [0.05, 0.1) is 28.3 Å². The predicted molar refractivity (Wildman–Crippen MR) is 149 cm³/mol. The second-order valence-corrected chi connectivity index (χ2v) is 14.1. The molecule has 0 aliphatic carbocycles. The second kappa shape index (κ2) is 10.8. The predicted octanol–water partition coefficient (Wildman–Crippen LogP) is 4.73. The van der Waals surface area contributed by atoms with E-state index >= 15 is 0 Å². The Labute approximate surface area is 230 Å². The minimum Gasteiger partial charge on any atom is -0.444 e. The van der Waals surface area contributed by atoms with Crippen LogP contribution >= 0.6 is 35.0 Å². The van der Waals surface area contributed by atoms with Crippen molar-refractivity contribution >= 4 is 67.7 Å². The summed E-state index contributed by atoms with van der Waals surface area (Å²) in [6.45, 7) is 5.19. The number of halogens is 2. The first-order valence-electron chi connectivity index (χ1n) is 11.6. The molecule has 2 aromatic carbocycles. The molecule has 0 unspecified atom stereocenters. The summed E-state index contributed by atoms with van der Waals surface area (Å²) in [6, 6.07) is 12.6. The maximum atomic E-state index is 13.5. The lowest BCUT2D eigenvalue weighted by Crippen LogP contribution is -2.45. The van der Waals surface area contributed by atoms with E-state index in [0.29, 0.717) is 20.9 Å². The minimum absolute atomic E-state index is 0.0339. The summed E-state index contributed by atoms with van der Waals surface area (Å²) in [5.74, 6) is -0.721. The molecule has 2 aromatic rings. The number of ether oxygens (including phenoxy) is 1. The van der Waals surface area contributed by atoms with E-state index in [1.807, 2.05) is 30.3 Å². The van der Waals surface area contributed by atoms with Gasteiger partial charge in [0.15, 0.2) is 15.0 Å². The lowest BCUT2D eigenvalue weighted by atomic mass is 10.1. The van der Waals surface area contributed by atoms with Crippen LogP contribution in [-0.4, -0.2) is 60.0 Å². The van der Waals surface area contributed by atoms with Gasteiger partial charge in [-0.25, -0.2) is 13.2 Å². The van der Waals surface area contributed by atoms with Crippen LogP contribution in [0.4, 0.5) is 10.5 Å². The normalized spacial score (nSPS) is 22.5. The van der Waals surface area contributed by atoms with Gasteiger partial charge in [0.1, 0.15) is 11.6 Å². The number of rotatable bonds is 5. The van der Waals surface area contributed by atoms with Gasteiger partial charge in [-0.1, -0.05) is 65.3 Å². The number of nitrogens with one attached hydrogen (secondary N) is 1. The Bertz CT molecular complexity index is 1330. The number of benzene rings is 2. The Morgan fingerprint density at radius 2 is 1.86 bits per heavy atom. The number of sulfone groups is 1. The van der Waals surface area contributed by atoms with Gasteiger partial charge < -0.3 is 15.0 Å². The fraction of sp³-hybridized carbons (Fsp3) is 0.400. The molecule has 37 heavy (non-hydrogen) atoms. The van der Waals surface area contributed by atoms with Gasteiger partial charge in [-0.15, -0.1) is 0 Å². The van der Waals surface area contributed by atoms with Gasteiger partial charge in [-0.05, 0) is 44.5 Å². The van der Waals surface area contributed by atoms with Crippen molar-refractivity contribution in [3.63, 3.8) is 0 Å². The summed E-state index contributed by atoms with van der Waals surface area (Å²) in [6.07, 6.45) is -0.543. The number of nitrogens with zero attached hydrogens (tertiary/aromatic N) is 2. The number of carbonyl (C=O) groups is 2. The zero-order chi connectivity index (χ0) is 27.0. The zero-order valence-electron chi connectivity index (χ0n) is 20.5. The maximum absolute atomic E-state index is 13.5. The van der Waals surface area contributed by atoms with Crippen molar-refractivity contribution in [3.8, 4) is 0 Å². The number of thioether (sulfide) groups is 1. The number of amides is 2. The fourth-order valence-corrected chi connectivity index (χ4v) is 8.48. The van der Waals surface area contributed by atoms with E-state index in [1.54, 1.807) is 43.9 Å². The molecule has 2 aliphatic heterocycles. The molecule has 1 N–H and O–H groups in total. The molecule has 0 saturated carbocycles. The number of alkyl carbamates (subject to hydrolysis) is 1. The van der Waals surface area contributed by atoms with Gasteiger partial charge in [0.25, 0.3) is 5.91 Å². The van der Waals surface area contributed by atoms with E-state index in [4.69, 9.17) is 27.9 Å². The molecule has 12 heteroatoms. The Kier molecular flexibility index (Phi) is 8.13. The van der Waals surface area contributed by atoms with Crippen molar-refractivity contribution in [3.05, 3.63) is 64.1 Å². The zero-order valence-corrected chi connectivity index (χ0v) is 23.6. The number of hydrogen-bond donors (Lipinski definition) is 1. The summed E-state index contributed by atoms with van der Waals surface area (Å²) in [4.78, 5) is 32.1. The SMILES string of the molecule is CC(C)(C)OC(=O)N[C@@H](Cc1ccccc1)C(=O)N=C1S[C@H]2CS(=O)(=O)C[C@@H]2N1c1cc(Cl)ccc1Cl. The van der Waals surface area contributed by atoms with Crippen LogP contribution in [0.2, 0.25) is 10.0 Å². The van der Waals surface area contributed by atoms with Crippen molar-refractivity contribution in [1.29, 1.82) is 0 Å². The molecular formula is C25H27Cl2N3O5S2. The Balaban J connectivity index is 1.68. The molecule has 3 atom stereocenters. The molecule has 8 nitrogen and oxygen atoms in total. The molecule has 2 fully saturated rings. The standard InChI is InChI=1S/C25H27Cl2N3O5S2/c1-25(2,3)35-24(32)28-18(11-15-7-5-4-6-8-15)22(31)29-23-30(19-12-16(26)9-10-17(19)27)20-13-37(33,34)14-21(20)36-23/h4-10,12,18,20-21H,11,13-14H2,1-3H3,(H,28,32)/t18-,20-,21-/m0/s1. The Morgan fingerprint density at radius 1 is 1.16 bits per heavy atom. The van der Waals surface area contributed by atoms with Crippen LogP contribution in [-0.2, 0) is 25.8 Å². The van der Waals surface area contributed by atoms with Gasteiger partial charge in [-0.2, -0.15) is 4.99 Å². The van der Waals surface area contributed by atoms with E-state index in [9.17, 15) is 18.0 Å². The monoisotopic (exact) mass is 583 g/mol. The molecular weight excluding hydrogens is 557 g/mol. The molecule has 2 amide bonds. The quantitative estimate of drug-likeness (QED) is 0.542. The Hall–Kier alpha value is -2.27. The third kappa shape index (κ3) is 6.98. The van der Waals surface area contributed by atoms with Gasteiger partial charge in [0.2, 0.25) is 0 Å². The van der Waals surface area contributed by atoms with Crippen molar-refractivity contribution in [2.24, 2.45) is 4.99 Å². The van der Waals surface area contributed by atoms with Crippen molar-refractivity contribution in [2.75, 3.05) is 16.4 Å². The van der Waals surface area contributed by atoms with Crippen molar-refractivity contribution < 1.29 is 22.7 Å². The number of amidine groups is 1. The van der Waals surface area contributed by atoms with Crippen LogP contribution < -0.4 is 10.2 Å². The highest BCUT2D eigenvalue weighted by atomic mass is 35.5. The summed E-state index contributed by atoms with van der Waals surface area (Å²) in [5.41, 5.74) is 0.548. The van der Waals surface area contributed by atoms with E-state index < -0.39 is 39.5 Å². The van der Waals surface area contributed by atoms with Crippen LogP contribution in [0.1, 0.15) is 26.3 Å². The summed E-state index contributed by atoms with van der Waals surface area (Å²) in [5, 5.41) is 3.39. The largest absolute Gasteiger partial charge is 0.444 e. The van der Waals surface area contributed by atoms with Crippen molar-refractivity contribution in [1.82, 2.24) is 5.32 Å². The number of carbonyl (C=O) groups excluding carboxylic acids is 2. The first-order chi connectivity index (χ1) is 17.3. The average molecular weight is 585 g/mol. The summed E-state index contributed by atoms with van der Waals surface area (Å²) < 4.78 is 30.1. The van der Waals surface area contributed by atoms with E-state index in [0.717, 1.165) is 5.56 Å². The summed E-state index contributed by atoms with van der Waals surface area (Å²) in [7, 11) is -3.26.